The minimum atomic E-state index is -1.85. The first-order chi connectivity index (χ1) is 34.0. The van der Waals surface area contributed by atoms with Gasteiger partial charge in [0.25, 0.3) is 0 Å². The highest BCUT2D eigenvalue weighted by Crippen LogP contribution is 2.41. The van der Waals surface area contributed by atoms with Crippen molar-refractivity contribution in [1.82, 2.24) is 14.7 Å². The summed E-state index contributed by atoms with van der Waals surface area (Å²) in [6, 6.07) is 8.41. The molecule has 0 aromatic heterocycles. The molecule has 73 heavy (non-hydrogen) atoms. The molecule has 4 heterocycles. The summed E-state index contributed by atoms with van der Waals surface area (Å²) in [6.07, 6.45) is -9.94. The summed E-state index contributed by atoms with van der Waals surface area (Å²) in [5, 5.41) is 71.1. The third kappa shape index (κ3) is 15.1. The second-order valence-electron chi connectivity index (χ2n) is 23.4. The SMILES string of the molecule is CC[C@H]1OC(=O)[C@H](C)[C@@H](O[C@H]2C[C@@](C)(OC)[C@@H](O)[C@H](C)O2)[C@H](C)[C@@H](O[C@@H]2O[C@H](C)C[C@H](N(C)C[C@H](CC(=O)[C@@H]3C[C@@H](OCc4ccccc4)CN3C)[C@H](C)O)[C@H]2O)[C@](C)(O)C[C@@H](C)CN(C)[C@H](C)[C@@H](O)[C@]1(C)O. The Labute approximate surface area is 435 Å². The van der Waals surface area contributed by atoms with Crippen molar-refractivity contribution in [2.75, 3.05) is 47.9 Å². The van der Waals surface area contributed by atoms with Crippen molar-refractivity contribution in [3.8, 4) is 0 Å². The number of ketones is 1. The second-order valence-corrected chi connectivity index (χ2v) is 23.4. The van der Waals surface area contributed by atoms with Crippen LogP contribution in [0.25, 0.3) is 0 Å². The number of likely N-dealkylation sites (tertiary alicyclic amines) is 1. The molecule has 22 atom stereocenters. The molecule has 0 unspecified atom stereocenters. The number of esters is 1. The van der Waals surface area contributed by atoms with Crippen LogP contribution in [0.15, 0.2) is 30.3 Å². The average molecular weight is 1040 g/mol. The molecule has 0 saturated carbocycles. The summed E-state index contributed by atoms with van der Waals surface area (Å²) >= 11 is 0. The Bertz CT molecular complexity index is 1880. The number of benzene rings is 1. The quantitative estimate of drug-likeness (QED) is 0.130. The van der Waals surface area contributed by atoms with E-state index >= 15 is 0 Å². The Morgan fingerprint density at radius 3 is 2.19 bits per heavy atom. The van der Waals surface area contributed by atoms with Crippen LogP contribution in [-0.2, 0) is 49.4 Å². The topological polar surface area (TPSA) is 230 Å². The first-order valence-corrected chi connectivity index (χ1v) is 26.9. The number of nitrogens with zero attached hydrogens (tertiary/aromatic N) is 3. The van der Waals surface area contributed by atoms with E-state index in [1.54, 1.807) is 55.4 Å². The lowest BCUT2D eigenvalue weighted by Gasteiger charge is -2.49. The zero-order valence-electron chi connectivity index (χ0n) is 46.6. The predicted octanol–water partition coefficient (Wildman–Crippen LogP) is 3.52. The molecule has 0 spiro atoms. The number of hydrogen-bond donors (Lipinski definition) is 6. The molecular formula is C55H95N3O15. The number of cyclic esters (lactones) is 1. The Hall–Kier alpha value is -2.24. The van der Waals surface area contributed by atoms with Crippen LogP contribution < -0.4 is 0 Å². The van der Waals surface area contributed by atoms with Gasteiger partial charge in [0, 0.05) is 63.5 Å². The molecule has 420 valence electrons. The van der Waals surface area contributed by atoms with Crippen molar-refractivity contribution >= 4 is 11.8 Å². The Balaban J connectivity index is 1.43. The molecule has 4 aliphatic rings. The van der Waals surface area contributed by atoms with E-state index in [-0.39, 0.29) is 56.1 Å². The molecule has 0 radical (unpaired) electrons. The first-order valence-electron chi connectivity index (χ1n) is 26.9. The van der Waals surface area contributed by atoms with Gasteiger partial charge in [-0.1, -0.05) is 51.1 Å². The second kappa shape index (κ2) is 25.9. The predicted molar refractivity (Wildman–Crippen MR) is 274 cm³/mol. The Kier molecular flexibility index (Phi) is 21.9. The summed E-state index contributed by atoms with van der Waals surface area (Å²) in [4.78, 5) is 34.4. The van der Waals surface area contributed by atoms with Crippen LogP contribution in [0.3, 0.4) is 0 Å². The molecule has 0 amide bonds. The van der Waals surface area contributed by atoms with E-state index in [1.165, 1.54) is 14.0 Å². The minimum absolute atomic E-state index is 0.0167. The van der Waals surface area contributed by atoms with Gasteiger partial charge in [-0.2, -0.15) is 0 Å². The molecule has 4 aliphatic heterocycles. The lowest BCUT2D eigenvalue weighted by molar-refractivity contribution is -0.318. The average Bonchev–Trinajstić information content (AvgIpc) is 3.71. The van der Waals surface area contributed by atoms with Gasteiger partial charge in [0.05, 0.1) is 66.4 Å². The van der Waals surface area contributed by atoms with Crippen LogP contribution in [0.5, 0.6) is 0 Å². The third-order valence-corrected chi connectivity index (χ3v) is 17.0. The maximum absolute atomic E-state index is 14.5. The Morgan fingerprint density at radius 1 is 0.918 bits per heavy atom. The number of aliphatic hydroxyl groups is 6. The molecule has 18 heteroatoms. The number of ether oxygens (including phenoxy) is 7. The minimum Gasteiger partial charge on any atom is -0.459 e. The van der Waals surface area contributed by atoms with Crippen LogP contribution in [0.4, 0.5) is 0 Å². The van der Waals surface area contributed by atoms with E-state index in [2.05, 4.69) is 0 Å². The standard InChI is InChI=1S/C55H95N3O15/c1-16-44-55(11,66)48(62)35(6)56(12)27-31(2)25-53(9,65)50(33(4)47(34(5)51(64)71-44)72-45-26-54(10,67-15)49(63)37(8)70-45)73-52-46(61)42(22-32(3)69-52)57(13)28-39(36(7)59)23-43(60)41-24-40(29-58(41)14)68-30-38-20-18-17-19-21-38/h17-21,31-37,39-42,44-50,52,59,61-63,65-66H,16,22-30H2,1-15H3/t31-,32-,33+,34-,35-,36+,37+,39+,40-,41+,42+,44-,45+,46-,47+,48-,49+,50-,52+,53-,54-,55-/m1/s1. The highest BCUT2D eigenvalue weighted by molar-refractivity contribution is 5.84. The summed E-state index contributed by atoms with van der Waals surface area (Å²) < 4.78 is 44.6. The fourth-order valence-electron chi connectivity index (χ4n) is 12.2. The van der Waals surface area contributed by atoms with Gasteiger partial charge in [0.2, 0.25) is 0 Å². The number of hydrogen-bond acceptors (Lipinski definition) is 18. The summed E-state index contributed by atoms with van der Waals surface area (Å²) in [5.41, 5.74) is -3.55. The van der Waals surface area contributed by atoms with E-state index < -0.39 is 120 Å². The lowest BCUT2D eigenvalue weighted by atomic mass is 9.77. The maximum atomic E-state index is 14.5. The van der Waals surface area contributed by atoms with Crippen molar-refractivity contribution in [2.45, 2.75) is 230 Å². The van der Waals surface area contributed by atoms with E-state index in [0.29, 0.717) is 32.5 Å². The summed E-state index contributed by atoms with van der Waals surface area (Å²) in [6.45, 7) is 20.8. The molecule has 5 rings (SSSR count). The van der Waals surface area contributed by atoms with Crippen LogP contribution in [0.1, 0.15) is 120 Å². The maximum Gasteiger partial charge on any atom is 0.311 e. The zero-order chi connectivity index (χ0) is 54.5. The van der Waals surface area contributed by atoms with Gasteiger partial charge in [-0.25, -0.2) is 0 Å². The molecule has 0 aliphatic carbocycles. The fourth-order valence-corrected chi connectivity index (χ4v) is 12.2. The van der Waals surface area contributed by atoms with E-state index in [4.69, 9.17) is 33.2 Å². The van der Waals surface area contributed by atoms with E-state index in [9.17, 15) is 40.2 Å². The first kappa shape index (κ1) is 61.6. The van der Waals surface area contributed by atoms with Gasteiger partial charge in [-0.15, -0.1) is 0 Å². The smallest absolute Gasteiger partial charge is 0.311 e. The third-order valence-electron chi connectivity index (χ3n) is 17.0. The van der Waals surface area contributed by atoms with Crippen molar-refractivity contribution in [1.29, 1.82) is 0 Å². The molecule has 1 aromatic rings. The van der Waals surface area contributed by atoms with Crippen LogP contribution in [0.2, 0.25) is 0 Å². The number of carbonyl (C=O) groups is 2. The lowest BCUT2D eigenvalue weighted by Crippen LogP contribution is -2.61. The van der Waals surface area contributed by atoms with Gasteiger partial charge in [0.1, 0.15) is 35.8 Å². The molecular weight excluding hydrogens is 943 g/mol. The van der Waals surface area contributed by atoms with Crippen LogP contribution >= 0.6 is 0 Å². The van der Waals surface area contributed by atoms with Gasteiger partial charge < -0.3 is 73.6 Å². The number of likely N-dealkylation sites (N-methyl/N-ethyl adjacent to an activating group) is 3. The van der Waals surface area contributed by atoms with Gasteiger partial charge in [-0.05, 0) is 114 Å². The normalized spacial score (nSPS) is 43.0. The van der Waals surface area contributed by atoms with Crippen molar-refractivity contribution < 1.29 is 73.4 Å². The van der Waals surface area contributed by atoms with Gasteiger partial charge in [0.15, 0.2) is 12.6 Å². The molecule has 18 nitrogen and oxygen atoms in total. The number of Topliss-reactive ketones (excluding diaryl/α,β-unsaturated/α-hetero) is 1. The van der Waals surface area contributed by atoms with E-state index in [1.807, 2.05) is 80.0 Å². The summed E-state index contributed by atoms with van der Waals surface area (Å²) in [7, 11) is 7.10. The largest absolute Gasteiger partial charge is 0.459 e. The molecule has 1 aromatic carbocycles. The number of methoxy groups -OCH3 is 1. The number of carbonyl (C=O) groups excluding carboxylic acids is 2. The monoisotopic (exact) mass is 1040 g/mol. The highest BCUT2D eigenvalue weighted by Gasteiger charge is 2.53. The summed E-state index contributed by atoms with van der Waals surface area (Å²) in [5.74, 6) is -3.35. The number of rotatable bonds is 16. The van der Waals surface area contributed by atoms with Gasteiger partial charge in [-0.3, -0.25) is 14.5 Å². The molecule has 4 fully saturated rings. The van der Waals surface area contributed by atoms with Crippen molar-refractivity contribution in [2.24, 2.45) is 23.7 Å². The molecule has 0 bridgehead atoms. The fraction of sp³-hybridized carbons (Fsp3) is 0.855. The van der Waals surface area contributed by atoms with Crippen molar-refractivity contribution in [3.63, 3.8) is 0 Å². The van der Waals surface area contributed by atoms with Gasteiger partial charge >= 0.3 is 5.97 Å². The van der Waals surface area contributed by atoms with Crippen molar-refractivity contribution in [3.05, 3.63) is 35.9 Å². The number of aliphatic hydroxyl groups excluding tert-OH is 4. The Morgan fingerprint density at radius 2 is 1.58 bits per heavy atom. The van der Waals surface area contributed by atoms with Crippen LogP contribution in [0, 0.1) is 23.7 Å². The van der Waals surface area contributed by atoms with Crippen LogP contribution in [-0.4, -0.2) is 214 Å². The highest BCUT2D eigenvalue weighted by atomic mass is 16.7. The molecule has 6 N–H and O–H groups in total. The zero-order valence-corrected chi connectivity index (χ0v) is 46.6. The molecule has 4 saturated heterocycles. The van der Waals surface area contributed by atoms with E-state index in [0.717, 1.165) is 5.56 Å².